The molecule has 0 unspecified atom stereocenters. The van der Waals surface area contributed by atoms with Gasteiger partial charge >= 0.3 is 0 Å². The summed E-state index contributed by atoms with van der Waals surface area (Å²) in [5, 5.41) is 9.27. The van der Waals surface area contributed by atoms with Gasteiger partial charge in [0, 0.05) is 13.5 Å². The molecular weight excluding hydrogens is 272 g/mol. The zero-order valence-electron chi connectivity index (χ0n) is 11.1. The van der Waals surface area contributed by atoms with Crippen LogP contribution in [0.5, 0.6) is 0 Å². The molecule has 0 radical (unpaired) electrons. The van der Waals surface area contributed by atoms with E-state index in [1.807, 2.05) is 47.2 Å². The Balaban J connectivity index is 2.02. The van der Waals surface area contributed by atoms with Crippen molar-refractivity contribution in [2.45, 2.75) is 19.5 Å². The predicted octanol–water partition coefficient (Wildman–Crippen LogP) is 2.24. The second-order valence-corrected chi connectivity index (χ2v) is 5.17. The van der Waals surface area contributed by atoms with Crippen LogP contribution in [0, 0.1) is 0 Å². The molecule has 2 aromatic rings. The lowest BCUT2D eigenvalue weighted by atomic mass is 10.1. The van der Waals surface area contributed by atoms with Gasteiger partial charge in [0.05, 0.1) is 0 Å². The lowest BCUT2D eigenvalue weighted by Crippen LogP contribution is -2.39. The van der Waals surface area contributed by atoms with Crippen LogP contribution >= 0.6 is 11.3 Å². The van der Waals surface area contributed by atoms with Crippen LogP contribution in [0.4, 0.5) is 0 Å². The van der Waals surface area contributed by atoms with E-state index in [4.69, 9.17) is 0 Å². The van der Waals surface area contributed by atoms with E-state index in [1.54, 1.807) is 0 Å². The fourth-order valence-corrected chi connectivity index (χ4v) is 2.52. The summed E-state index contributed by atoms with van der Waals surface area (Å²) in [7, 11) is 0. The van der Waals surface area contributed by atoms with Crippen molar-refractivity contribution in [3.05, 3.63) is 58.3 Å². The third-order valence-corrected chi connectivity index (χ3v) is 3.50. The molecule has 2 rings (SSSR count). The summed E-state index contributed by atoms with van der Waals surface area (Å²) in [5.74, 6) is -0.432. The molecular formula is C15H16N2O2S. The summed E-state index contributed by atoms with van der Waals surface area (Å²) < 4.78 is 0. The van der Waals surface area contributed by atoms with Crippen LogP contribution in [0.15, 0.2) is 47.2 Å². The molecule has 5 heteroatoms. The molecule has 1 aromatic heterocycles. The first-order valence-electron chi connectivity index (χ1n) is 6.27. The lowest BCUT2D eigenvalue weighted by Gasteiger charge is -2.16. The number of carbonyl (C=O) groups is 2. The molecule has 0 spiro atoms. The van der Waals surface area contributed by atoms with E-state index in [0.717, 1.165) is 11.1 Å². The Kier molecular flexibility index (Phi) is 4.90. The molecule has 0 aliphatic rings. The zero-order chi connectivity index (χ0) is 14.4. The van der Waals surface area contributed by atoms with Gasteiger partial charge in [-0.1, -0.05) is 30.3 Å². The molecule has 2 N–H and O–H groups in total. The minimum atomic E-state index is -0.637. The largest absolute Gasteiger partial charge is 0.350 e. The standard InChI is InChI=1S/C15H16N2O2S/c1-11(18)17-14(13-7-8-20-10-13)15(19)16-9-12-5-3-2-4-6-12/h2-8,10,14H,9H2,1H3,(H,16,19)(H,17,18)/t14-/m0/s1. The second-order valence-electron chi connectivity index (χ2n) is 4.39. The van der Waals surface area contributed by atoms with Gasteiger partial charge in [-0.15, -0.1) is 0 Å². The SMILES string of the molecule is CC(=O)N[C@H](C(=O)NCc1ccccc1)c1ccsc1. The normalized spacial score (nSPS) is 11.7. The molecule has 0 aliphatic carbocycles. The molecule has 0 saturated carbocycles. The number of hydrogen-bond donors (Lipinski definition) is 2. The van der Waals surface area contributed by atoms with Gasteiger partial charge in [0.15, 0.2) is 0 Å². The summed E-state index contributed by atoms with van der Waals surface area (Å²) >= 11 is 1.50. The third-order valence-electron chi connectivity index (χ3n) is 2.80. The molecule has 1 heterocycles. The highest BCUT2D eigenvalue weighted by atomic mass is 32.1. The van der Waals surface area contributed by atoms with Crippen molar-refractivity contribution in [3.63, 3.8) is 0 Å². The van der Waals surface area contributed by atoms with E-state index >= 15 is 0 Å². The maximum atomic E-state index is 12.2. The minimum absolute atomic E-state index is 0.206. The van der Waals surface area contributed by atoms with Crippen molar-refractivity contribution in [2.75, 3.05) is 0 Å². The molecule has 104 valence electrons. The van der Waals surface area contributed by atoms with Crippen molar-refractivity contribution in [2.24, 2.45) is 0 Å². The molecule has 1 aromatic carbocycles. The van der Waals surface area contributed by atoms with E-state index in [0.29, 0.717) is 6.54 Å². The van der Waals surface area contributed by atoms with E-state index < -0.39 is 6.04 Å². The lowest BCUT2D eigenvalue weighted by molar-refractivity contribution is -0.128. The summed E-state index contributed by atoms with van der Waals surface area (Å²) in [6, 6.07) is 10.9. The first kappa shape index (κ1) is 14.3. The number of carbonyl (C=O) groups excluding carboxylic acids is 2. The fraction of sp³-hybridized carbons (Fsp3) is 0.200. The van der Waals surface area contributed by atoms with E-state index in [9.17, 15) is 9.59 Å². The maximum Gasteiger partial charge on any atom is 0.247 e. The Labute approximate surface area is 121 Å². The third kappa shape index (κ3) is 3.93. The smallest absolute Gasteiger partial charge is 0.247 e. The summed E-state index contributed by atoms with van der Waals surface area (Å²) in [6.45, 7) is 1.85. The maximum absolute atomic E-state index is 12.2. The number of amides is 2. The van der Waals surface area contributed by atoms with Gasteiger partial charge in [-0.3, -0.25) is 9.59 Å². The highest BCUT2D eigenvalue weighted by molar-refractivity contribution is 7.08. The number of nitrogens with one attached hydrogen (secondary N) is 2. The van der Waals surface area contributed by atoms with Crippen LogP contribution in [0.1, 0.15) is 24.1 Å². The van der Waals surface area contributed by atoms with Crippen LogP contribution in [0.3, 0.4) is 0 Å². The van der Waals surface area contributed by atoms with Gasteiger partial charge in [-0.2, -0.15) is 11.3 Å². The summed E-state index contributed by atoms with van der Waals surface area (Å²) in [4.78, 5) is 23.5. The van der Waals surface area contributed by atoms with Gasteiger partial charge < -0.3 is 10.6 Å². The van der Waals surface area contributed by atoms with Gasteiger partial charge in [0.1, 0.15) is 6.04 Å². The van der Waals surface area contributed by atoms with Crippen LogP contribution < -0.4 is 10.6 Å². The minimum Gasteiger partial charge on any atom is -0.350 e. The summed E-state index contributed by atoms with van der Waals surface area (Å²) in [6.07, 6.45) is 0. The molecule has 0 aliphatic heterocycles. The van der Waals surface area contributed by atoms with Crippen LogP contribution in [-0.4, -0.2) is 11.8 Å². The monoisotopic (exact) mass is 288 g/mol. The molecule has 4 nitrogen and oxygen atoms in total. The van der Waals surface area contributed by atoms with Crippen molar-refractivity contribution >= 4 is 23.2 Å². The van der Waals surface area contributed by atoms with Crippen molar-refractivity contribution < 1.29 is 9.59 Å². The summed E-state index contributed by atoms with van der Waals surface area (Å²) in [5.41, 5.74) is 1.82. The number of rotatable bonds is 5. The van der Waals surface area contributed by atoms with Crippen molar-refractivity contribution in [1.82, 2.24) is 10.6 Å². The Morgan fingerprint density at radius 3 is 2.55 bits per heavy atom. The van der Waals surface area contributed by atoms with Crippen LogP contribution in [0.25, 0.3) is 0 Å². The molecule has 0 bridgehead atoms. The number of benzene rings is 1. The van der Waals surface area contributed by atoms with Gasteiger partial charge in [-0.25, -0.2) is 0 Å². The Morgan fingerprint density at radius 2 is 1.95 bits per heavy atom. The average Bonchev–Trinajstić information content (AvgIpc) is 2.97. The van der Waals surface area contributed by atoms with Crippen molar-refractivity contribution in [3.8, 4) is 0 Å². The second kappa shape index (κ2) is 6.86. The topological polar surface area (TPSA) is 58.2 Å². The number of hydrogen-bond acceptors (Lipinski definition) is 3. The molecule has 1 atom stereocenters. The van der Waals surface area contributed by atoms with Crippen LogP contribution in [-0.2, 0) is 16.1 Å². The average molecular weight is 288 g/mol. The molecule has 0 fully saturated rings. The van der Waals surface area contributed by atoms with Gasteiger partial charge in [0.25, 0.3) is 0 Å². The molecule has 0 saturated heterocycles. The fourth-order valence-electron chi connectivity index (χ4n) is 1.83. The highest BCUT2D eigenvalue weighted by Crippen LogP contribution is 2.16. The quantitative estimate of drug-likeness (QED) is 0.886. The van der Waals surface area contributed by atoms with Crippen LogP contribution in [0.2, 0.25) is 0 Å². The molecule has 2 amide bonds. The van der Waals surface area contributed by atoms with E-state index in [2.05, 4.69) is 10.6 Å². The Bertz CT molecular complexity index is 567. The zero-order valence-corrected chi connectivity index (χ0v) is 11.9. The Morgan fingerprint density at radius 1 is 1.20 bits per heavy atom. The first-order valence-corrected chi connectivity index (χ1v) is 7.22. The Hall–Kier alpha value is -2.14. The van der Waals surface area contributed by atoms with Gasteiger partial charge in [0.2, 0.25) is 11.8 Å². The van der Waals surface area contributed by atoms with E-state index in [-0.39, 0.29) is 11.8 Å². The molecule has 20 heavy (non-hydrogen) atoms. The van der Waals surface area contributed by atoms with E-state index in [1.165, 1.54) is 18.3 Å². The van der Waals surface area contributed by atoms with Crippen molar-refractivity contribution in [1.29, 1.82) is 0 Å². The first-order chi connectivity index (χ1) is 9.66. The highest BCUT2D eigenvalue weighted by Gasteiger charge is 2.21. The predicted molar refractivity (Wildman–Crippen MR) is 79.2 cm³/mol. The number of thiophene rings is 1. The van der Waals surface area contributed by atoms with Gasteiger partial charge in [-0.05, 0) is 28.0 Å².